The standard InChI is InChI=1S/C14H15N3/c1-9-4-3-5-12-10(2)6-13-16-8-11(7-15)17(13)14(9)12/h3-6,8H,7,15H2,1-2H3. The van der Waals surface area contributed by atoms with Crippen LogP contribution in [0.4, 0.5) is 0 Å². The normalized spacial score (nSPS) is 11.5. The van der Waals surface area contributed by atoms with Crippen molar-refractivity contribution in [1.29, 1.82) is 0 Å². The minimum atomic E-state index is 0.508. The molecule has 2 N–H and O–H groups in total. The number of pyridine rings is 1. The van der Waals surface area contributed by atoms with Gasteiger partial charge >= 0.3 is 0 Å². The van der Waals surface area contributed by atoms with Crippen molar-refractivity contribution in [2.45, 2.75) is 20.4 Å². The maximum Gasteiger partial charge on any atom is 0.137 e. The number of aryl methyl sites for hydroxylation is 2. The van der Waals surface area contributed by atoms with Gasteiger partial charge in [0.25, 0.3) is 0 Å². The predicted molar refractivity (Wildman–Crippen MR) is 70.1 cm³/mol. The first kappa shape index (κ1) is 10.3. The fraction of sp³-hybridized carbons (Fsp3) is 0.214. The molecular weight excluding hydrogens is 210 g/mol. The van der Waals surface area contributed by atoms with Crippen LogP contribution in [0.2, 0.25) is 0 Å². The Morgan fingerprint density at radius 2 is 2.06 bits per heavy atom. The summed E-state index contributed by atoms with van der Waals surface area (Å²) in [5.41, 5.74) is 11.5. The molecule has 1 aromatic carbocycles. The van der Waals surface area contributed by atoms with Gasteiger partial charge in [0.15, 0.2) is 0 Å². The summed E-state index contributed by atoms with van der Waals surface area (Å²) in [6.45, 7) is 4.76. The summed E-state index contributed by atoms with van der Waals surface area (Å²) in [7, 11) is 0. The zero-order valence-corrected chi connectivity index (χ0v) is 10.1. The highest BCUT2D eigenvalue weighted by atomic mass is 15.0. The monoisotopic (exact) mass is 225 g/mol. The molecule has 0 atom stereocenters. The zero-order chi connectivity index (χ0) is 12.0. The highest BCUT2D eigenvalue weighted by Gasteiger charge is 2.09. The number of hydrogen-bond acceptors (Lipinski definition) is 2. The molecule has 0 amide bonds. The Balaban J connectivity index is 2.63. The van der Waals surface area contributed by atoms with E-state index in [1.807, 2.05) is 6.20 Å². The fourth-order valence-electron chi connectivity index (χ4n) is 2.45. The molecule has 3 aromatic rings. The lowest BCUT2D eigenvalue weighted by Gasteiger charge is -2.10. The van der Waals surface area contributed by atoms with Crippen LogP contribution in [0.1, 0.15) is 16.8 Å². The van der Waals surface area contributed by atoms with Crippen LogP contribution in [0, 0.1) is 13.8 Å². The molecule has 0 aliphatic heterocycles. The summed E-state index contributed by atoms with van der Waals surface area (Å²) in [6.07, 6.45) is 1.86. The molecular formula is C14H15N3. The summed E-state index contributed by atoms with van der Waals surface area (Å²) < 4.78 is 2.16. The number of nitrogens with zero attached hydrogens (tertiary/aromatic N) is 2. The molecule has 17 heavy (non-hydrogen) atoms. The van der Waals surface area contributed by atoms with Gasteiger partial charge in [-0.25, -0.2) is 4.98 Å². The second-order valence-corrected chi connectivity index (χ2v) is 4.45. The molecule has 86 valence electrons. The van der Waals surface area contributed by atoms with Gasteiger partial charge in [0, 0.05) is 11.9 Å². The van der Waals surface area contributed by atoms with Crippen molar-refractivity contribution in [2.24, 2.45) is 5.73 Å². The van der Waals surface area contributed by atoms with Gasteiger partial charge in [0.2, 0.25) is 0 Å². The number of benzene rings is 1. The lowest BCUT2D eigenvalue weighted by Crippen LogP contribution is -2.03. The molecule has 3 heteroatoms. The van der Waals surface area contributed by atoms with E-state index >= 15 is 0 Å². The number of hydrogen-bond donors (Lipinski definition) is 1. The molecule has 0 radical (unpaired) electrons. The molecule has 0 spiro atoms. The first-order chi connectivity index (χ1) is 8.22. The quantitative estimate of drug-likeness (QED) is 0.691. The van der Waals surface area contributed by atoms with Crippen LogP contribution in [0.5, 0.6) is 0 Å². The van der Waals surface area contributed by atoms with Crippen LogP contribution in [0.3, 0.4) is 0 Å². The van der Waals surface area contributed by atoms with Crippen LogP contribution < -0.4 is 5.73 Å². The molecule has 0 saturated heterocycles. The minimum Gasteiger partial charge on any atom is -0.325 e. The summed E-state index contributed by atoms with van der Waals surface area (Å²) in [5.74, 6) is 0. The van der Waals surface area contributed by atoms with Crippen molar-refractivity contribution in [3.63, 3.8) is 0 Å². The van der Waals surface area contributed by atoms with Crippen molar-refractivity contribution in [3.05, 3.63) is 47.3 Å². The van der Waals surface area contributed by atoms with Crippen molar-refractivity contribution >= 4 is 16.6 Å². The average molecular weight is 225 g/mol. The Bertz CT molecular complexity index is 710. The molecule has 2 aromatic heterocycles. The summed E-state index contributed by atoms with van der Waals surface area (Å²) in [4.78, 5) is 4.42. The number of aromatic nitrogens is 2. The van der Waals surface area contributed by atoms with Crippen LogP contribution in [-0.4, -0.2) is 9.38 Å². The third-order valence-electron chi connectivity index (χ3n) is 3.30. The Hall–Kier alpha value is -1.87. The van der Waals surface area contributed by atoms with Crippen molar-refractivity contribution in [3.8, 4) is 0 Å². The molecule has 0 aliphatic carbocycles. The van der Waals surface area contributed by atoms with Gasteiger partial charge in [-0.15, -0.1) is 0 Å². The third kappa shape index (κ3) is 1.36. The smallest absolute Gasteiger partial charge is 0.137 e. The number of rotatable bonds is 1. The number of para-hydroxylation sites is 1. The van der Waals surface area contributed by atoms with Gasteiger partial charge < -0.3 is 5.73 Å². The molecule has 2 heterocycles. The van der Waals surface area contributed by atoms with E-state index in [-0.39, 0.29) is 0 Å². The molecule has 0 bridgehead atoms. The molecule has 0 aliphatic rings. The van der Waals surface area contributed by atoms with E-state index < -0.39 is 0 Å². The van der Waals surface area contributed by atoms with Gasteiger partial charge in [-0.1, -0.05) is 18.2 Å². The van der Waals surface area contributed by atoms with Crippen LogP contribution in [0.15, 0.2) is 30.5 Å². The SMILES string of the molecule is Cc1cc2ncc(CN)n2c2c(C)cccc12. The van der Waals surface area contributed by atoms with E-state index in [4.69, 9.17) is 5.73 Å². The van der Waals surface area contributed by atoms with Crippen LogP contribution in [-0.2, 0) is 6.54 Å². The first-order valence-corrected chi connectivity index (χ1v) is 5.77. The third-order valence-corrected chi connectivity index (χ3v) is 3.30. The Morgan fingerprint density at radius 3 is 2.82 bits per heavy atom. The van der Waals surface area contributed by atoms with E-state index in [1.165, 1.54) is 22.0 Å². The van der Waals surface area contributed by atoms with Crippen molar-refractivity contribution in [1.82, 2.24) is 9.38 Å². The fourth-order valence-corrected chi connectivity index (χ4v) is 2.45. The van der Waals surface area contributed by atoms with Gasteiger partial charge in [-0.05, 0) is 31.0 Å². The summed E-state index contributed by atoms with van der Waals surface area (Å²) in [6, 6.07) is 8.48. The second-order valence-electron chi connectivity index (χ2n) is 4.45. The van der Waals surface area contributed by atoms with E-state index in [9.17, 15) is 0 Å². The predicted octanol–water partition coefficient (Wildman–Crippen LogP) is 2.56. The van der Waals surface area contributed by atoms with Crippen LogP contribution >= 0.6 is 0 Å². The summed E-state index contributed by atoms with van der Waals surface area (Å²) in [5, 5.41) is 1.27. The second kappa shape index (κ2) is 3.57. The van der Waals surface area contributed by atoms with Crippen molar-refractivity contribution in [2.75, 3.05) is 0 Å². The van der Waals surface area contributed by atoms with Crippen LogP contribution in [0.25, 0.3) is 16.6 Å². The average Bonchev–Trinajstić information content (AvgIpc) is 2.72. The van der Waals surface area contributed by atoms with E-state index in [2.05, 4.69) is 47.5 Å². The zero-order valence-electron chi connectivity index (χ0n) is 10.1. The highest BCUT2D eigenvalue weighted by molar-refractivity contribution is 5.88. The highest BCUT2D eigenvalue weighted by Crippen LogP contribution is 2.25. The summed E-state index contributed by atoms with van der Waals surface area (Å²) >= 11 is 0. The van der Waals surface area contributed by atoms with Gasteiger partial charge in [-0.3, -0.25) is 4.40 Å². The Kier molecular flexibility index (Phi) is 2.16. The Morgan fingerprint density at radius 1 is 1.24 bits per heavy atom. The maximum absolute atomic E-state index is 5.78. The molecule has 3 rings (SSSR count). The lowest BCUT2D eigenvalue weighted by molar-refractivity contribution is 0.976. The molecule has 0 saturated carbocycles. The van der Waals surface area contributed by atoms with E-state index in [0.717, 1.165) is 11.3 Å². The Labute approximate surface area is 99.9 Å². The largest absolute Gasteiger partial charge is 0.325 e. The van der Waals surface area contributed by atoms with Crippen molar-refractivity contribution < 1.29 is 0 Å². The lowest BCUT2D eigenvalue weighted by atomic mass is 10.1. The maximum atomic E-state index is 5.78. The molecule has 0 unspecified atom stereocenters. The number of fused-ring (bicyclic) bond motifs is 3. The minimum absolute atomic E-state index is 0.508. The molecule has 0 fully saturated rings. The van der Waals surface area contributed by atoms with E-state index in [1.54, 1.807) is 0 Å². The van der Waals surface area contributed by atoms with Gasteiger partial charge in [0.1, 0.15) is 5.65 Å². The topological polar surface area (TPSA) is 43.3 Å². The van der Waals surface area contributed by atoms with Gasteiger partial charge in [0.05, 0.1) is 17.4 Å². The van der Waals surface area contributed by atoms with Gasteiger partial charge in [-0.2, -0.15) is 0 Å². The number of imidazole rings is 1. The molecule has 3 nitrogen and oxygen atoms in total. The number of nitrogens with two attached hydrogens (primary N) is 1. The first-order valence-electron chi connectivity index (χ1n) is 5.77. The van der Waals surface area contributed by atoms with E-state index in [0.29, 0.717) is 6.54 Å².